The van der Waals surface area contributed by atoms with Crippen molar-refractivity contribution in [2.75, 3.05) is 17.6 Å². The summed E-state index contributed by atoms with van der Waals surface area (Å²) in [5, 5.41) is 13.5. The van der Waals surface area contributed by atoms with Crippen LogP contribution in [0.5, 0.6) is 0 Å². The molecule has 0 aliphatic heterocycles. The highest BCUT2D eigenvalue weighted by Crippen LogP contribution is 2.27. The van der Waals surface area contributed by atoms with E-state index in [2.05, 4.69) is 26.1 Å². The lowest BCUT2D eigenvalue weighted by molar-refractivity contribution is 0.132. The maximum absolute atomic E-state index is 9.87. The molecule has 0 saturated carbocycles. The molecule has 4 heteroatoms. The topological polar surface area (TPSA) is 58.3 Å². The highest BCUT2D eigenvalue weighted by atomic mass is 35.5. The molecule has 0 aliphatic carbocycles. The van der Waals surface area contributed by atoms with Crippen molar-refractivity contribution < 1.29 is 5.11 Å². The van der Waals surface area contributed by atoms with Gasteiger partial charge in [-0.2, -0.15) is 0 Å². The second kappa shape index (κ2) is 5.61. The van der Waals surface area contributed by atoms with Crippen LogP contribution in [-0.2, 0) is 0 Å². The molecular weight excluding hydrogens is 236 g/mol. The Morgan fingerprint density at radius 3 is 2.65 bits per heavy atom. The lowest BCUT2D eigenvalue weighted by Crippen LogP contribution is -2.25. The van der Waals surface area contributed by atoms with Gasteiger partial charge < -0.3 is 16.2 Å². The second-order valence-electron chi connectivity index (χ2n) is 5.50. The van der Waals surface area contributed by atoms with Gasteiger partial charge in [-0.1, -0.05) is 38.4 Å². The largest absolute Gasteiger partial charge is 0.396 e. The molecule has 0 amide bonds. The molecule has 0 aromatic heterocycles. The average molecular weight is 257 g/mol. The van der Waals surface area contributed by atoms with E-state index >= 15 is 0 Å². The van der Waals surface area contributed by atoms with Crippen LogP contribution in [0.4, 0.5) is 11.4 Å². The molecule has 0 radical (unpaired) electrons. The molecule has 0 spiro atoms. The third-order valence-corrected chi connectivity index (χ3v) is 2.76. The monoisotopic (exact) mass is 256 g/mol. The number of benzene rings is 1. The average Bonchev–Trinajstić information content (AvgIpc) is 2.18. The maximum atomic E-state index is 9.87. The van der Waals surface area contributed by atoms with Crippen LogP contribution in [0.1, 0.15) is 27.2 Å². The van der Waals surface area contributed by atoms with Gasteiger partial charge in [0.2, 0.25) is 0 Å². The molecule has 0 aliphatic rings. The summed E-state index contributed by atoms with van der Waals surface area (Å²) in [5.41, 5.74) is 7.23. The van der Waals surface area contributed by atoms with E-state index in [0.717, 1.165) is 12.1 Å². The van der Waals surface area contributed by atoms with Gasteiger partial charge in [-0.15, -0.1) is 0 Å². The molecule has 0 fully saturated rings. The fourth-order valence-corrected chi connectivity index (χ4v) is 1.87. The van der Waals surface area contributed by atoms with Gasteiger partial charge in [-0.25, -0.2) is 0 Å². The van der Waals surface area contributed by atoms with E-state index in [1.165, 1.54) is 0 Å². The fourth-order valence-electron chi connectivity index (χ4n) is 1.70. The first kappa shape index (κ1) is 14.1. The molecule has 17 heavy (non-hydrogen) atoms. The Morgan fingerprint density at radius 2 is 2.06 bits per heavy atom. The van der Waals surface area contributed by atoms with Crippen molar-refractivity contribution in [2.45, 2.75) is 33.3 Å². The van der Waals surface area contributed by atoms with Gasteiger partial charge in [0, 0.05) is 6.54 Å². The molecule has 1 aromatic rings. The molecule has 96 valence electrons. The van der Waals surface area contributed by atoms with Crippen molar-refractivity contribution in [3.8, 4) is 0 Å². The number of hydrogen-bond acceptors (Lipinski definition) is 3. The first-order chi connectivity index (χ1) is 7.79. The molecule has 3 nitrogen and oxygen atoms in total. The van der Waals surface area contributed by atoms with Crippen LogP contribution < -0.4 is 11.1 Å². The lowest BCUT2D eigenvalue weighted by Gasteiger charge is -2.23. The standard InChI is InChI=1S/C13H21ClN2O/c1-13(2,3)7-9(17)8-16-11-6-4-5-10(14)12(11)15/h4-6,9,16-17H,7-8,15H2,1-3H3. The molecule has 1 atom stereocenters. The van der Waals surface area contributed by atoms with Crippen molar-refractivity contribution in [1.82, 2.24) is 0 Å². The SMILES string of the molecule is CC(C)(C)CC(O)CNc1cccc(Cl)c1N. The minimum Gasteiger partial charge on any atom is -0.396 e. The van der Waals surface area contributed by atoms with Gasteiger partial charge in [-0.3, -0.25) is 0 Å². The molecule has 0 bridgehead atoms. The highest BCUT2D eigenvalue weighted by molar-refractivity contribution is 6.33. The Bertz CT molecular complexity index is 374. The Morgan fingerprint density at radius 1 is 1.41 bits per heavy atom. The maximum Gasteiger partial charge on any atom is 0.0739 e. The Kier molecular flexibility index (Phi) is 4.66. The van der Waals surface area contributed by atoms with E-state index in [4.69, 9.17) is 17.3 Å². The summed E-state index contributed by atoms with van der Waals surface area (Å²) < 4.78 is 0. The number of nitrogens with one attached hydrogen (secondary N) is 1. The number of para-hydroxylation sites is 1. The van der Waals surface area contributed by atoms with Gasteiger partial charge in [-0.05, 0) is 24.0 Å². The first-order valence-corrected chi connectivity index (χ1v) is 6.13. The number of halogens is 1. The van der Waals surface area contributed by atoms with Crippen molar-refractivity contribution in [3.63, 3.8) is 0 Å². The number of rotatable bonds is 4. The normalized spacial score (nSPS) is 13.5. The molecule has 0 saturated heterocycles. The predicted octanol–water partition coefficient (Wildman–Crippen LogP) is 3.13. The van der Waals surface area contributed by atoms with Gasteiger partial charge in [0.25, 0.3) is 0 Å². The molecule has 1 aromatic carbocycles. The first-order valence-electron chi connectivity index (χ1n) is 5.75. The van der Waals surface area contributed by atoms with Crippen LogP contribution in [0.15, 0.2) is 18.2 Å². The summed E-state index contributed by atoms with van der Waals surface area (Å²) in [7, 11) is 0. The van der Waals surface area contributed by atoms with Gasteiger partial charge in [0.05, 0.1) is 22.5 Å². The quantitative estimate of drug-likeness (QED) is 0.726. The molecule has 4 N–H and O–H groups in total. The number of anilines is 2. The zero-order valence-electron chi connectivity index (χ0n) is 10.6. The summed E-state index contributed by atoms with van der Waals surface area (Å²) in [6.45, 7) is 6.78. The van der Waals surface area contributed by atoms with Gasteiger partial charge in [0.15, 0.2) is 0 Å². The number of aliphatic hydroxyl groups excluding tert-OH is 1. The summed E-state index contributed by atoms with van der Waals surface area (Å²) in [6.07, 6.45) is 0.342. The van der Waals surface area contributed by atoms with Crippen LogP contribution in [0.3, 0.4) is 0 Å². The Balaban J connectivity index is 2.53. The van der Waals surface area contributed by atoms with E-state index in [0.29, 0.717) is 17.3 Å². The summed E-state index contributed by atoms with van der Waals surface area (Å²) in [5.74, 6) is 0. The van der Waals surface area contributed by atoms with Gasteiger partial charge in [0.1, 0.15) is 0 Å². The number of nitrogens with two attached hydrogens (primary N) is 1. The van der Waals surface area contributed by atoms with Crippen LogP contribution in [-0.4, -0.2) is 17.8 Å². The minimum absolute atomic E-state index is 0.112. The molecule has 1 rings (SSSR count). The predicted molar refractivity (Wildman–Crippen MR) is 74.4 cm³/mol. The number of aliphatic hydroxyl groups is 1. The van der Waals surface area contributed by atoms with Crippen molar-refractivity contribution in [3.05, 3.63) is 23.2 Å². The zero-order chi connectivity index (χ0) is 13.1. The minimum atomic E-state index is -0.395. The second-order valence-corrected chi connectivity index (χ2v) is 5.91. The number of hydrogen-bond donors (Lipinski definition) is 3. The van der Waals surface area contributed by atoms with Crippen molar-refractivity contribution in [2.24, 2.45) is 5.41 Å². The third kappa shape index (κ3) is 4.84. The summed E-state index contributed by atoms with van der Waals surface area (Å²) >= 11 is 5.91. The summed E-state index contributed by atoms with van der Waals surface area (Å²) in [6, 6.07) is 5.43. The zero-order valence-corrected chi connectivity index (χ0v) is 11.4. The highest BCUT2D eigenvalue weighted by Gasteiger charge is 2.16. The van der Waals surface area contributed by atoms with E-state index in [1.54, 1.807) is 6.07 Å². The third-order valence-electron chi connectivity index (χ3n) is 2.43. The van der Waals surface area contributed by atoms with E-state index in [-0.39, 0.29) is 5.41 Å². The fraction of sp³-hybridized carbons (Fsp3) is 0.538. The van der Waals surface area contributed by atoms with Crippen LogP contribution in [0, 0.1) is 5.41 Å². The van der Waals surface area contributed by atoms with Crippen molar-refractivity contribution in [1.29, 1.82) is 0 Å². The van der Waals surface area contributed by atoms with Crippen LogP contribution in [0.25, 0.3) is 0 Å². The van der Waals surface area contributed by atoms with E-state index in [1.807, 2.05) is 12.1 Å². The van der Waals surface area contributed by atoms with Gasteiger partial charge >= 0.3 is 0 Å². The Labute approximate surface area is 108 Å². The Hall–Kier alpha value is -0.930. The van der Waals surface area contributed by atoms with Crippen molar-refractivity contribution >= 4 is 23.0 Å². The van der Waals surface area contributed by atoms with E-state index in [9.17, 15) is 5.11 Å². The number of nitrogen functional groups attached to an aromatic ring is 1. The summed E-state index contributed by atoms with van der Waals surface area (Å²) in [4.78, 5) is 0. The lowest BCUT2D eigenvalue weighted by atomic mass is 9.89. The van der Waals surface area contributed by atoms with Crippen LogP contribution in [0.2, 0.25) is 5.02 Å². The smallest absolute Gasteiger partial charge is 0.0739 e. The molecule has 1 unspecified atom stereocenters. The molecule has 0 heterocycles. The van der Waals surface area contributed by atoms with E-state index < -0.39 is 6.10 Å². The molecular formula is C13H21ClN2O. The van der Waals surface area contributed by atoms with Crippen LogP contribution >= 0.6 is 11.6 Å².